The Morgan fingerprint density at radius 2 is 2.27 bits per heavy atom. The van der Waals surface area contributed by atoms with Crippen molar-refractivity contribution in [1.82, 2.24) is 0 Å². The van der Waals surface area contributed by atoms with E-state index in [0.29, 0.717) is 5.92 Å². The molecule has 1 aliphatic carbocycles. The van der Waals surface area contributed by atoms with Crippen LogP contribution in [0, 0.1) is 5.92 Å². The van der Waals surface area contributed by atoms with Crippen LogP contribution in [0.15, 0.2) is 24.3 Å². The molecule has 1 atom stereocenters. The van der Waals surface area contributed by atoms with Crippen molar-refractivity contribution in [3.8, 4) is 0 Å². The van der Waals surface area contributed by atoms with Crippen LogP contribution in [0.25, 0.3) is 0 Å². The van der Waals surface area contributed by atoms with Crippen LogP contribution in [0.4, 0.5) is 0 Å². The first kappa shape index (κ1) is 10.2. The van der Waals surface area contributed by atoms with Gasteiger partial charge in [-0.3, -0.25) is 4.79 Å². The molecule has 1 aromatic rings. The van der Waals surface area contributed by atoms with E-state index >= 15 is 0 Å². The maximum Gasteiger partial charge on any atom is 0.311 e. The summed E-state index contributed by atoms with van der Waals surface area (Å²) in [7, 11) is 0. The number of hydrogen-bond donors (Lipinski definition) is 1. The summed E-state index contributed by atoms with van der Waals surface area (Å²) in [5.41, 5.74) is 2.20. The van der Waals surface area contributed by atoms with Gasteiger partial charge in [-0.15, -0.1) is 0 Å². The largest absolute Gasteiger partial charge is 0.481 e. The summed E-state index contributed by atoms with van der Waals surface area (Å²) in [4.78, 5) is 11.2. The van der Waals surface area contributed by atoms with E-state index in [1.165, 1.54) is 5.56 Å². The SMILES string of the molecule is CCc1cccc(C(C(=O)O)C2CC2)c1. The van der Waals surface area contributed by atoms with Gasteiger partial charge in [-0.25, -0.2) is 0 Å². The molecular formula is C13H16O2. The lowest BCUT2D eigenvalue weighted by atomic mass is 9.92. The minimum Gasteiger partial charge on any atom is -0.481 e. The monoisotopic (exact) mass is 204 g/mol. The average molecular weight is 204 g/mol. The Hall–Kier alpha value is -1.31. The summed E-state index contributed by atoms with van der Waals surface area (Å²) in [6.07, 6.45) is 3.09. The quantitative estimate of drug-likeness (QED) is 0.818. The van der Waals surface area contributed by atoms with Crippen molar-refractivity contribution in [3.63, 3.8) is 0 Å². The van der Waals surface area contributed by atoms with Crippen molar-refractivity contribution >= 4 is 5.97 Å². The highest BCUT2D eigenvalue weighted by molar-refractivity contribution is 5.77. The summed E-state index contributed by atoms with van der Waals surface area (Å²) in [5, 5.41) is 9.20. The average Bonchev–Trinajstić information content (AvgIpc) is 3.02. The summed E-state index contributed by atoms with van der Waals surface area (Å²) in [6, 6.07) is 8.00. The van der Waals surface area contributed by atoms with Crippen molar-refractivity contribution in [3.05, 3.63) is 35.4 Å². The van der Waals surface area contributed by atoms with Gasteiger partial charge in [0, 0.05) is 0 Å². The van der Waals surface area contributed by atoms with Crippen LogP contribution in [-0.4, -0.2) is 11.1 Å². The highest BCUT2D eigenvalue weighted by Gasteiger charge is 2.37. The lowest BCUT2D eigenvalue weighted by Crippen LogP contribution is -2.13. The summed E-state index contributed by atoms with van der Waals surface area (Å²) in [5.74, 6) is -0.586. The molecule has 1 unspecified atom stereocenters. The Kier molecular flexibility index (Phi) is 2.76. The first-order valence-electron chi connectivity index (χ1n) is 5.54. The zero-order valence-electron chi connectivity index (χ0n) is 8.94. The molecule has 2 nitrogen and oxygen atoms in total. The first-order valence-corrected chi connectivity index (χ1v) is 5.54. The topological polar surface area (TPSA) is 37.3 Å². The number of carbonyl (C=O) groups is 1. The molecule has 0 aromatic heterocycles. The number of rotatable bonds is 4. The molecule has 1 aliphatic rings. The van der Waals surface area contributed by atoms with Crippen LogP contribution in [0.1, 0.15) is 36.8 Å². The highest BCUT2D eigenvalue weighted by atomic mass is 16.4. The molecule has 0 amide bonds. The zero-order chi connectivity index (χ0) is 10.8. The van der Waals surface area contributed by atoms with Gasteiger partial charge in [-0.05, 0) is 36.3 Å². The predicted molar refractivity (Wildman–Crippen MR) is 58.9 cm³/mol. The van der Waals surface area contributed by atoms with Gasteiger partial charge in [-0.1, -0.05) is 31.2 Å². The lowest BCUT2D eigenvalue weighted by Gasteiger charge is -2.12. The Labute approximate surface area is 89.9 Å². The normalized spacial score (nSPS) is 17.4. The van der Waals surface area contributed by atoms with Crippen molar-refractivity contribution in [1.29, 1.82) is 0 Å². The minimum atomic E-state index is -0.675. The van der Waals surface area contributed by atoms with Gasteiger partial charge in [-0.2, -0.15) is 0 Å². The molecule has 0 saturated heterocycles. The van der Waals surface area contributed by atoms with Crippen LogP contribution in [-0.2, 0) is 11.2 Å². The lowest BCUT2D eigenvalue weighted by molar-refractivity contribution is -0.139. The second-order valence-electron chi connectivity index (χ2n) is 4.25. The van der Waals surface area contributed by atoms with Crippen molar-refractivity contribution in [2.45, 2.75) is 32.1 Å². The zero-order valence-corrected chi connectivity index (χ0v) is 8.94. The maximum absolute atomic E-state index is 11.2. The molecular weight excluding hydrogens is 188 g/mol. The number of aryl methyl sites for hydroxylation is 1. The first-order chi connectivity index (χ1) is 7.22. The molecule has 0 radical (unpaired) electrons. The van der Waals surface area contributed by atoms with Gasteiger partial charge in [0.25, 0.3) is 0 Å². The van der Waals surface area contributed by atoms with Gasteiger partial charge in [0.2, 0.25) is 0 Å². The highest BCUT2D eigenvalue weighted by Crippen LogP contribution is 2.42. The van der Waals surface area contributed by atoms with Crippen LogP contribution in [0.5, 0.6) is 0 Å². The van der Waals surface area contributed by atoms with E-state index < -0.39 is 5.97 Å². The number of benzene rings is 1. The number of aliphatic carboxylic acids is 1. The van der Waals surface area contributed by atoms with Crippen LogP contribution in [0.2, 0.25) is 0 Å². The molecule has 0 spiro atoms. The molecule has 0 aliphatic heterocycles. The van der Waals surface area contributed by atoms with Crippen LogP contribution >= 0.6 is 0 Å². The van der Waals surface area contributed by atoms with E-state index in [0.717, 1.165) is 24.8 Å². The van der Waals surface area contributed by atoms with E-state index in [4.69, 9.17) is 0 Å². The molecule has 1 saturated carbocycles. The molecule has 1 fully saturated rings. The van der Waals surface area contributed by atoms with Gasteiger partial charge in [0.05, 0.1) is 5.92 Å². The molecule has 2 heteroatoms. The molecule has 15 heavy (non-hydrogen) atoms. The van der Waals surface area contributed by atoms with Crippen LogP contribution < -0.4 is 0 Å². The smallest absolute Gasteiger partial charge is 0.311 e. The van der Waals surface area contributed by atoms with Gasteiger partial charge in [0.1, 0.15) is 0 Å². The molecule has 0 bridgehead atoms. The molecule has 2 rings (SSSR count). The second-order valence-corrected chi connectivity index (χ2v) is 4.25. The fraction of sp³-hybridized carbons (Fsp3) is 0.462. The third kappa shape index (κ3) is 2.20. The Balaban J connectivity index is 2.28. The summed E-state index contributed by atoms with van der Waals surface area (Å²) in [6.45, 7) is 2.09. The molecule has 1 N–H and O–H groups in total. The van der Waals surface area contributed by atoms with Gasteiger partial charge >= 0.3 is 5.97 Å². The fourth-order valence-corrected chi connectivity index (χ4v) is 2.05. The van der Waals surface area contributed by atoms with Gasteiger partial charge < -0.3 is 5.11 Å². The number of hydrogen-bond acceptors (Lipinski definition) is 1. The number of carboxylic acids is 1. The van der Waals surface area contributed by atoms with E-state index in [2.05, 4.69) is 13.0 Å². The van der Waals surface area contributed by atoms with Crippen molar-refractivity contribution in [2.24, 2.45) is 5.92 Å². The molecule has 0 heterocycles. The summed E-state index contributed by atoms with van der Waals surface area (Å²) < 4.78 is 0. The number of carboxylic acid groups (broad SMARTS) is 1. The van der Waals surface area contributed by atoms with E-state index in [1.807, 2.05) is 18.2 Å². The van der Waals surface area contributed by atoms with Crippen LogP contribution in [0.3, 0.4) is 0 Å². The van der Waals surface area contributed by atoms with Crippen molar-refractivity contribution < 1.29 is 9.90 Å². The Bertz CT molecular complexity index is 367. The Morgan fingerprint density at radius 3 is 2.80 bits per heavy atom. The standard InChI is InChI=1S/C13H16O2/c1-2-9-4-3-5-11(8-9)12(13(14)15)10-6-7-10/h3-5,8,10,12H,2,6-7H2,1H3,(H,14,15). The maximum atomic E-state index is 11.2. The van der Waals surface area contributed by atoms with E-state index in [-0.39, 0.29) is 5.92 Å². The molecule has 1 aromatic carbocycles. The summed E-state index contributed by atoms with van der Waals surface area (Å²) >= 11 is 0. The second kappa shape index (κ2) is 4.05. The van der Waals surface area contributed by atoms with E-state index in [1.54, 1.807) is 0 Å². The predicted octanol–water partition coefficient (Wildman–Crippen LogP) is 2.83. The molecule has 80 valence electrons. The van der Waals surface area contributed by atoms with E-state index in [9.17, 15) is 9.90 Å². The van der Waals surface area contributed by atoms with Crippen molar-refractivity contribution in [2.75, 3.05) is 0 Å². The van der Waals surface area contributed by atoms with Gasteiger partial charge in [0.15, 0.2) is 0 Å². The Morgan fingerprint density at radius 1 is 1.53 bits per heavy atom. The minimum absolute atomic E-state index is 0.281. The third-order valence-electron chi connectivity index (χ3n) is 3.08. The third-order valence-corrected chi connectivity index (χ3v) is 3.08. The fourth-order valence-electron chi connectivity index (χ4n) is 2.05.